The first-order valence-electron chi connectivity index (χ1n) is 9.05. The van der Waals surface area contributed by atoms with Crippen molar-refractivity contribution in [2.75, 3.05) is 23.9 Å². The second kappa shape index (κ2) is 6.83. The van der Waals surface area contributed by atoms with Crippen LogP contribution in [0.25, 0.3) is 0 Å². The molecule has 26 heavy (non-hydrogen) atoms. The summed E-state index contributed by atoms with van der Waals surface area (Å²) >= 11 is 0. The molecule has 4 rings (SSSR count). The van der Waals surface area contributed by atoms with Gasteiger partial charge in [-0.15, -0.1) is 0 Å². The van der Waals surface area contributed by atoms with E-state index < -0.39 is 0 Å². The predicted octanol–water partition coefficient (Wildman–Crippen LogP) is 3.64. The van der Waals surface area contributed by atoms with Crippen LogP contribution in [0.4, 0.5) is 11.4 Å². The normalized spacial score (nSPS) is 16.0. The standard InChI is InChI=1S/C21H22N2O3/c1-26-18-10-7-15(8-11-18)20(24)22-17-9-6-14-3-2-12-23(19(14)13-17)21(25)16-4-5-16/h6-11,13,16H,2-5,12H2,1H3,(H,22,24). The maximum Gasteiger partial charge on any atom is 0.255 e. The van der Waals surface area contributed by atoms with Crippen molar-refractivity contribution in [3.63, 3.8) is 0 Å². The Morgan fingerprint density at radius 2 is 1.88 bits per heavy atom. The Balaban J connectivity index is 1.54. The number of carbonyl (C=O) groups is 2. The molecule has 2 aromatic rings. The van der Waals surface area contributed by atoms with E-state index >= 15 is 0 Å². The minimum Gasteiger partial charge on any atom is -0.497 e. The van der Waals surface area contributed by atoms with Gasteiger partial charge in [0, 0.05) is 29.4 Å². The number of methoxy groups -OCH3 is 1. The monoisotopic (exact) mass is 350 g/mol. The SMILES string of the molecule is COc1ccc(C(=O)Nc2ccc3c(c2)N(C(=O)C2CC2)CCC3)cc1. The van der Waals surface area contributed by atoms with Crippen molar-refractivity contribution >= 4 is 23.2 Å². The maximum absolute atomic E-state index is 12.6. The van der Waals surface area contributed by atoms with Crippen molar-refractivity contribution in [3.05, 3.63) is 53.6 Å². The van der Waals surface area contributed by atoms with Crippen LogP contribution >= 0.6 is 0 Å². The molecule has 1 N–H and O–H groups in total. The van der Waals surface area contributed by atoms with Gasteiger partial charge in [-0.05, 0) is 67.6 Å². The minimum atomic E-state index is -0.177. The van der Waals surface area contributed by atoms with Gasteiger partial charge < -0.3 is 15.0 Å². The van der Waals surface area contributed by atoms with Crippen LogP contribution in [0.15, 0.2) is 42.5 Å². The average Bonchev–Trinajstić information content (AvgIpc) is 3.52. The number of hydrogen-bond donors (Lipinski definition) is 1. The fraction of sp³-hybridized carbons (Fsp3) is 0.333. The number of ether oxygens (including phenoxy) is 1. The highest BCUT2D eigenvalue weighted by Gasteiger charge is 2.35. The molecule has 5 nitrogen and oxygen atoms in total. The summed E-state index contributed by atoms with van der Waals surface area (Å²) in [4.78, 5) is 27.0. The van der Waals surface area contributed by atoms with Gasteiger partial charge >= 0.3 is 0 Å². The molecule has 2 aliphatic rings. The van der Waals surface area contributed by atoms with E-state index in [4.69, 9.17) is 4.74 Å². The molecular formula is C21H22N2O3. The summed E-state index contributed by atoms with van der Waals surface area (Å²) in [6.45, 7) is 0.762. The molecule has 5 heteroatoms. The molecule has 1 heterocycles. The zero-order valence-electron chi connectivity index (χ0n) is 14.8. The molecule has 1 fully saturated rings. The zero-order valence-corrected chi connectivity index (χ0v) is 14.8. The second-order valence-corrected chi connectivity index (χ2v) is 6.89. The number of anilines is 2. The number of benzene rings is 2. The number of rotatable bonds is 4. The van der Waals surface area contributed by atoms with E-state index in [1.807, 2.05) is 23.1 Å². The molecule has 0 saturated heterocycles. The lowest BCUT2D eigenvalue weighted by molar-refractivity contribution is -0.119. The molecule has 1 aliphatic heterocycles. The Bertz CT molecular complexity index is 841. The molecule has 2 aromatic carbocycles. The molecule has 0 spiro atoms. The molecular weight excluding hydrogens is 328 g/mol. The fourth-order valence-corrected chi connectivity index (χ4v) is 3.38. The highest BCUT2D eigenvalue weighted by molar-refractivity contribution is 6.05. The molecule has 2 amide bonds. The highest BCUT2D eigenvalue weighted by Crippen LogP contribution is 2.37. The van der Waals surface area contributed by atoms with E-state index in [-0.39, 0.29) is 17.7 Å². The van der Waals surface area contributed by atoms with Gasteiger partial charge in [0.15, 0.2) is 0 Å². The van der Waals surface area contributed by atoms with E-state index in [2.05, 4.69) is 5.32 Å². The van der Waals surface area contributed by atoms with Gasteiger partial charge in [0.25, 0.3) is 5.91 Å². The number of aryl methyl sites for hydroxylation is 1. The Kier molecular flexibility index (Phi) is 4.37. The molecule has 0 atom stereocenters. The van der Waals surface area contributed by atoms with Crippen molar-refractivity contribution in [2.45, 2.75) is 25.7 Å². The molecule has 1 saturated carbocycles. The number of nitrogens with zero attached hydrogens (tertiary/aromatic N) is 1. The number of hydrogen-bond acceptors (Lipinski definition) is 3. The smallest absolute Gasteiger partial charge is 0.255 e. The van der Waals surface area contributed by atoms with Gasteiger partial charge in [-0.25, -0.2) is 0 Å². The Hall–Kier alpha value is -2.82. The van der Waals surface area contributed by atoms with Crippen LogP contribution in [-0.2, 0) is 11.2 Å². The number of carbonyl (C=O) groups excluding carboxylic acids is 2. The van der Waals surface area contributed by atoms with E-state index in [0.29, 0.717) is 17.0 Å². The summed E-state index contributed by atoms with van der Waals surface area (Å²) in [6.07, 6.45) is 3.95. The molecule has 0 aromatic heterocycles. The lowest BCUT2D eigenvalue weighted by Gasteiger charge is -2.30. The van der Waals surface area contributed by atoms with Gasteiger partial charge in [-0.2, -0.15) is 0 Å². The Morgan fingerprint density at radius 1 is 1.12 bits per heavy atom. The Morgan fingerprint density at radius 3 is 2.58 bits per heavy atom. The van der Waals surface area contributed by atoms with E-state index in [1.165, 1.54) is 5.56 Å². The third-order valence-corrected chi connectivity index (χ3v) is 5.01. The van der Waals surface area contributed by atoms with Crippen LogP contribution in [-0.4, -0.2) is 25.5 Å². The largest absolute Gasteiger partial charge is 0.497 e. The van der Waals surface area contributed by atoms with Crippen molar-refractivity contribution < 1.29 is 14.3 Å². The predicted molar refractivity (Wildman–Crippen MR) is 101 cm³/mol. The third kappa shape index (κ3) is 3.29. The zero-order chi connectivity index (χ0) is 18.1. The number of nitrogens with one attached hydrogen (secondary N) is 1. The molecule has 0 unspecified atom stereocenters. The first-order valence-corrected chi connectivity index (χ1v) is 9.05. The average molecular weight is 350 g/mol. The number of fused-ring (bicyclic) bond motifs is 1. The first-order chi connectivity index (χ1) is 12.7. The van der Waals surface area contributed by atoms with Gasteiger partial charge in [-0.3, -0.25) is 9.59 Å². The quantitative estimate of drug-likeness (QED) is 0.916. The van der Waals surface area contributed by atoms with Gasteiger partial charge in [0.2, 0.25) is 5.91 Å². The lowest BCUT2D eigenvalue weighted by Crippen LogP contribution is -2.36. The molecule has 0 bridgehead atoms. The van der Waals surface area contributed by atoms with Crippen LogP contribution in [0, 0.1) is 5.92 Å². The van der Waals surface area contributed by atoms with Crippen LogP contribution in [0.5, 0.6) is 5.75 Å². The molecule has 0 radical (unpaired) electrons. The maximum atomic E-state index is 12.6. The molecule has 134 valence electrons. The van der Waals surface area contributed by atoms with Crippen molar-refractivity contribution in [3.8, 4) is 5.75 Å². The first kappa shape index (κ1) is 16.6. The van der Waals surface area contributed by atoms with Crippen molar-refractivity contribution in [1.29, 1.82) is 0 Å². The van der Waals surface area contributed by atoms with Gasteiger partial charge in [-0.1, -0.05) is 6.07 Å². The fourth-order valence-electron chi connectivity index (χ4n) is 3.38. The molecule has 1 aliphatic carbocycles. The van der Waals surface area contributed by atoms with E-state index in [0.717, 1.165) is 37.9 Å². The van der Waals surface area contributed by atoms with Crippen LogP contribution in [0.1, 0.15) is 35.2 Å². The summed E-state index contributed by atoms with van der Waals surface area (Å²) in [5.74, 6) is 0.955. The van der Waals surface area contributed by atoms with Crippen molar-refractivity contribution in [2.24, 2.45) is 5.92 Å². The van der Waals surface area contributed by atoms with E-state index in [9.17, 15) is 9.59 Å². The highest BCUT2D eigenvalue weighted by atomic mass is 16.5. The second-order valence-electron chi connectivity index (χ2n) is 6.89. The minimum absolute atomic E-state index is 0.177. The van der Waals surface area contributed by atoms with Gasteiger partial charge in [0.05, 0.1) is 7.11 Å². The summed E-state index contributed by atoms with van der Waals surface area (Å²) < 4.78 is 5.12. The van der Waals surface area contributed by atoms with Crippen molar-refractivity contribution in [1.82, 2.24) is 0 Å². The summed E-state index contributed by atoms with van der Waals surface area (Å²) in [6, 6.07) is 12.8. The summed E-state index contributed by atoms with van der Waals surface area (Å²) in [5, 5.41) is 2.93. The van der Waals surface area contributed by atoms with Crippen LogP contribution < -0.4 is 15.0 Å². The van der Waals surface area contributed by atoms with Crippen LogP contribution in [0.3, 0.4) is 0 Å². The third-order valence-electron chi connectivity index (χ3n) is 5.01. The van der Waals surface area contributed by atoms with Crippen LogP contribution in [0.2, 0.25) is 0 Å². The summed E-state index contributed by atoms with van der Waals surface area (Å²) in [5.41, 5.74) is 3.39. The van der Waals surface area contributed by atoms with E-state index in [1.54, 1.807) is 31.4 Å². The van der Waals surface area contributed by atoms with Gasteiger partial charge in [0.1, 0.15) is 5.75 Å². The summed E-state index contributed by atoms with van der Waals surface area (Å²) in [7, 11) is 1.59. The Labute approximate surface area is 153 Å². The lowest BCUT2D eigenvalue weighted by atomic mass is 10.0. The topological polar surface area (TPSA) is 58.6 Å². The number of amides is 2.